The van der Waals surface area contributed by atoms with Crippen LogP contribution in [0.1, 0.15) is 84.5 Å². The van der Waals surface area contributed by atoms with E-state index in [2.05, 4.69) is 47.6 Å². The Bertz CT molecular complexity index is 704. The van der Waals surface area contributed by atoms with Crippen LogP contribution in [0.3, 0.4) is 0 Å². The molecular weight excluding hydrogens is 384 g/mol. The van der Waals surface area contributed by atoms with Crippen LogP contribution in [0.25, 0.3) is 0 Å². The van der Waals surface area contributed by atoms with Gasteiger partial charge in [0.2, 0.25) is 0 Å². The first kappa shape index (κ1) is 24.8. The third-order valence-corrected chi connectivity index (χ3v) is 6.18. The van der Waals surface area contributed by atoms with Crippen LogP contribution < -0.4 is 15.5 Å². The highest BCUT2D eigenvalue weighted by molar-refractivity contribution is 5.97. The Morgan fingerprint density at radius 1 is 0.968 bits per heavy atom. The van der Waals surface area contributed by atoms with Gasteiger partial charge in [-0.1, -0.05) is 57.8 Å². The van der Waals surface area contributed by atoms with Crippen molar-refractivity contribution >= 4 is 17.3 Å². The van der Waals surface area contributed by atoms with Crippen molar-refractivity contribution in [2.75, 3.05) is 23.3 Å². The Morgan fingerprint density at radius 3 is 1.97 bits per heavy atom. The van der Waals surface area contributed by atoms with Crippen LogP contribution >= 0.6 is 0 Å². The number of carbonyl (C=O) groups is 1. The van der Waals surface area contributed by atoms with Gasteiger partial charge in [-0.05, 0) is 51.0 Å². The van der Waals surface area contributed by atoms with Gasteiger partial charge in [-0.3, -0.25) is 4.79 Å². The fraction of sp³-hybridized carbons (Fsp3) is 0.615. The smallest absolute Gasteiger partial charge is 0.263 e. The molecule has 1 aromatic carbocycles. The van der Waals surface area contributed by atoms with E-state index in [1.165, 1.54) is 56.8 Å². The van der Waals surface area contributed by atoms with Gasteiger partial charge >= 0.3 is 0 Å². The lowest BCUT2D eigenvalue weighted by Crippen LogP contribution is -2.35. The zero-order valence-electron chi connectivity index (χ0n) is 19.5. The molecular formula is C26H40N4O. The van der Waals surface area contributed by atoms with Gasteiger partial charge in [0.05, 0.1) is 0 Å². The van der Waals surface area contributed by atoms with Gasteiger partial charge in [-0.25, -0.2) is 0 Å². The van der Waals surface area contributed by atoms with Crippen molar-refractivity contribution in [2.24, 2.45) is 0 Å². The monoisotopic (exact) mass is 424 g/mol. The highest BCUT2D eigenvalue weighted by Crippen LogP contribution is 2.19. The maximum absolute atomic E-state index is 12.7. The van der Waals surface area contributed by atoms with Gasteiger partial charge in [-0.2, -0.15) is 5.26 Å². The molecule has 1 saturated carbocycles. The minimum absolute atomic E-state index is 0.124. The predicted octanol–water partition coefficient (Wildman–Crippen LogP) is 6.14. The number of nitrogens with zero attached hydrogens (tertiary/aromatic N) is 2. The lowest BCUT2D eigenvalue weighted by atomic mass is 9.98. The standard InChI is InChI=1S/C26H40N4O/c1-3-30(4-2)25-18-16-23(17-19-25)28-21-22(20-27)26(31)29-24-14-12-10-8-6-5-7-9-11-13-15-24/h16-19,21,24,28H,3-15H2,1-2H3,(H,29,31)/b22-21-. The Kier molecular flexibility index (Phi) is 11.6. The molecule has 1 aromatic rings. The average molecular weight is 425 g/mol. The molecule has 1 aliphatic rings. The molecule has 0 unspecified atom stereocenters. The van der Waals surface area contributed by atoms with E-state index in [4.69, 9.17) is 0 Å². The number of amides is 1. The summed E-state index contributed by atoms with van der Waals surface area (Å²) >= 11 is 0. The average Bonchev–Trinajstić information content (AvgIpc) is 2.78. The largest absolute Gasteiger partial charge is 0.372 e. The van der Waals surface area contributed by atoms with Crippen molar-refractivity contribution in [1.82, 2.24) is 5.32 Å². The highest BCUT2D eigenvalue weighted by atomic mass is 16.1. The van der Waals surface area contributed by atoms with E-state index in [1.807, 2.05) is 12.1 Å². The number of benzene rings is 1. The number of anilines is 2. The summed E-state index contributed by atoms with van der Waals surface area (Å²) in [5.41, 5.74) is 2.15. The summed E-state index contributed by atoms with van der Waals surface area (Å²) in [5.74, 6) is -0.271. The van der Waals surface area contributed by atoms with Crippen LogP contribution in [-0.2, 0) is 4.79 Å². The molecule has 31 heavy (non-hydrogen) atoms. The van der Waals surface area contributed by atoms with Crippen molar-refractivity contribution in [1.29, 1.82) is 5.26 Å². The molecule has 0 aliphatic heterocycles. The van der Waals surface area contributed by atoms with E-state index in [1.54, 1.807) is 0 Å². The van der Waals surface area contributed by atoms with Crippen molar-refractivity contribution in [3.63, 3.8) is 0 Å². The van der Waals surface area contributed by atoms with Gasteiger partial charge in [0.1, 0.15) is 11.6 Å². The van der Waals surface area contributed by atoms with Gasteiger partial charge in [-0.15, -0.1) is 0 Å². The highest BCUT2D eigenvalue weighted by Gasteiger charge is 2.16. The van der Waals surface area contributed by atoms with Crippen LogP contribution in [0, 0.1) is 11.3 Å². The molecule has 5 heteroatoms. The lowest BCUT2D eigenvalue weighted by Gasteiger charge is -2.21. The van der Waals surface area contributed by atoms with E-state index in [9.17, 15) is 10.1 Å². The summed E-state index contributed by atoms with van der Waals surface area (Å²) in [6.45, 7) is 6.20. The van der Waals surface area contributed by atoms with E-state index in [0.717, 1.165) is 44.5 Å². The Hall–Kier alpha value is -2.48. The normalized spacial score (nSPS) is 17.0. The van der Waals surface area contributed by atoms with Crippen LogP contribution in [0.15, 0.2) is 36.0 Å². The molecule has 5 nitrogen and oxygen atoms in total. The third-order valence-electron chi connectivity index (χ3n) is 6.18. The summed E-state index contributed by atoms with van der Waals surface area (Å²) in [6.07, 6.45) is 14.9. The molecule has 0 bridgehead atoms. The Labute approximate surface area is 188 Å². The summed E-state index contributed by atoms with van der Waals surface area (Å²) < 4.78 is 0. The van der Waals surface area contributed by atoms with Crippen LogP contribution in [0.2, 0.25) is 0 Å². The van der Waals surface area contributed by atoms with E-state index in [0.29, 0.717) is 0 Å². The van der Waals surface area contributed by atoms with E-state index in [-0.39, 0.29) is 17.5 Å². The van der Waals surface area contributed by atoms with E-state index >= 15 is 0 Å². The molecule has 2 N–H and O–H groups in total. The first-order chi connectivity index (χ1) is 15.2. The first-order valence-corrected chi connectivity index (χ1v) is 12.2. The van der Waals surface area contributed by atoms with Crippen molar-refractivity contribution < 1.29 is 4.79 Å². The molecule has 0 aromatic heterocycles. The molecule has 170 valence electrons. The number of rotatable bonds is 7. The first-order valence-electron chi connectivity index (χ1n) is 12.2. The van der Waals surface area contributed by atoms with E-state index < -0.39 is 0 Å². The van der Waals surface area contributed by atoms with Crippen LogP contribution in [0.4, 0.5) is 11.4 Å². The lowest BCUT2D eigenvalue weighted by molar-refractivity contribution is -0.117. The molecule has 0 heterocycles. The minimum atomic E-state index is -0.271. The molecule has 0 radical (unpaired) electrons. The SMILES string of the molecule is CCN(CC)c1ccc(N/C=C(/C#N)C(=O)NC2CCCCCCCCCCC2)cc1. The van der Waals surface area contributed by atoms with Crippen molar-refractivity contribution in [2.45, 2.75) is 90.5 Å². The molecule has 0 atom stereocenters. The molecule has 1 fully saturated rings. The Morgan fingerprint density at radius 2 is 1.48 bits per heavy atom. The van der Waals surface area contributed by atoms with Crippen molar-refractivity contribution in [3.05, 3.63) is 36.0 Å². The fourth-order valence-corrected chi connectivity index (χ4v) is 4.23. The summed E-state index contributed by atoms with van der Waals surface area (Å²) in [6, 6.07) is 10.3. The number of carbonyl (C=O) groups excluding carboxylic acids is 1. The second-order valence-electron chi connectivity index (χ2n) is 8.46. The predicted molar refractivity (Wildman–Crippen MR) is 130 cm³/mol. The zero-order chi connectivity index (χ0) is 22.3. The van der Waals surface area contributed by atoms with Gasteiger partial charge in [0.25, 0.3) is 5.91 Å². The third kappa shape index (κ3) is 9.04. The van der Waals surface area contributed by atoms with Crippen LogP contribution in [0.5, 0.6) is 0 Å². The summed E-state index contributed by atoms with van der Waals surface area (Å²) in [4.78, 5) is 15.0. The molecule has 0 saturated heterocycles. The Balaban J connectivity index is 1.92. The quantitative estimate of drug-likeness (QED) is 0.407. The van der Waals surface area contributed by atoms with Gasteiger partial charge in [0, 0.05) is 36.7 Å². The molecule has 1 amide bonds. The van der Waals surface area contributed by atoms with Crippen molar-refractivity contribution in [3.8, 4) is 6.07 Å². The molecule has 0 spiro atoms. The zero-order valence-corrected chi connectivity index (χ0v) is 19.5. The summed E-state index contributed by atoms with van der Waals surface area (Å²) in [7, 11) is 0. The van der Waals surface area contributed by atoms with Gasteiger partial charge in [0.15, 0.2) is 0 Å². The number of nitriles is 1. The number of hydrogen-bond acceptors (Lipinski definition) is 4. The maximum atomic E-state index is 12.7. The second-order valence-corrected chi connectivity index (χ2v) is 8.46. The number of nitrogens with one attached hydrogen (secondary N) is 2. The second kappa shape index (κ2) is 14.5. The fourth-order valence-electron chi connectivity index (χ4n) is 4.23. The number of hydrogen-bond donors (Lipinski definition) is 2. The maximum Gasteiger partial charge on any atom is 0.263 e. The minimum Gasteiger partial charge on any atom is -0.372 e. The molecule has 1 aliphatic carbocycles. The summed E-state index contributed by atoms with van der Waals surface area (Å²) in [5, 5.41) is 15.7. The van der Waals surface area contributed by atoms with Gasteiger partial charge < -0.3 is 15.5 Å². The van der Waals surface area contributed by atoms with Crippen LogP contribution in [-0.4, -0.2) is 25.0 Å². The molecule has 2 rings (SSSR count). The topological polar surface area (TPSA) is 68.2 Å².